The summed E-state index contributed by atoms with van der Waals surface area (Å²) in [4.78, 5) is 0. The number of rotatable bonds is 8. The molecule has 1 atom stereocenters. The summed E-state index contributed by atoms with van der Waals surface area (Å²) in [6, 6.07) is 5.29. The van der Waals surface area contributed by atoms with Crippen LogP contribution in [0.4, 0.5) is 0 Å². The normalized spacial score (nSPS) is 19.9. The van der Waals surface area contributed by atoms with E-state index in [0.29, 0.717) is 36.8 Å². The van der Waals surface area contributed by atoms with Crippen LogP contribution in [0.15, 0.2) is 18.2 Å². The average Bonchev–Trinajstić information content (AvgIpc) is 3.20. The molecule has 3 rings (SSSR count). The lowest BCUT2D eigenvalue weighted by atomic mass is 10.2. The molecule has 1 N–H and O–H groups in total. The minimum atomic E-state index is -3.29. The van der Waals surface area contributed by atoms with Crippen LogP contribution in [-0.4, -0.2) is 46.8 Å². The van der Waals surface area contributed by atoms with Crippen molar-refractivity contribution in [3.63, 3.8) is 0 Å². The van der Waals surface area contributed by atoms with Gasteiger partial charge in [0.25, 0.3) is 0 Å². The van der Waals surface area contributed by atoms with E-state index in [9.17, 15) is 8.42 Å². The Labute approximate surface area is 135 Å². The third-order valence-corrected chi connectivity index (χ3v) is 5.16. The summed E-state index contributed by atoms with van der Waals surface area (Å²) in [5, 5.41) is 0. The Morgan fingerprint density at radius 1 is 1.26 bits per heavy atom. The summed E-state index contributed by atoms with van der Waals surface area (Å²) in [6.07, 6.45) is 2.33. The predicted octanol–water partition coefficient (Wildman–Crippen LogP) is 1.28. The highest BCUT2D eigenvalue weighted by Gasteiger charge is 2.19. The molecular formula is C15H21NO6S. The fourth-order valence-corrected chi connectivity index (χ4v) is 3.59. The van der Waals surface area contributed by atoms with Gasteiger partial charge in [-0.1, -0.05) is 0 Å². The minimum absolute atomic E-state index is 0.00894. The lowest BCUT2D eigenvalue weighted by Crippen LogP contribution is -2.33. The number of sulfonamides is 1. The standard InChI is InChI=1S/C15H21NO6S/c17-23(18,16-10-13-3-1-6-20-13)8-2-7-19-12-4-5-14-15(9-12)22-11-21-14/h4-5,9,13,16H,1-3,6-8,10-11H2. The third-order valence-electron chi connectivity index (χ3n) is 3.73. The molecule has 128 valence electrons. The molecule has 0 bridgehead atoms. The van der Waals surface area contributed by atoms with Crippen LogP contribution in [-0.2, 0) is 14.8 Å². The van der Waals surface area contributed by atoms with Crippen LogP contribution in [0.25, 0.3) is 0 Å². The molecule has 23 heavy (non-hydrogen) atoms. The summed E-state index contributed by atoms with van der Waals surface area (Å²) < 4.78 is 47.8. The number of hydrogen-bond donors (Lipinski definition) is 1. The summed E-state index contributed by atoms with van der Waals surface area (Å²) in [6.45, 7) is 1.61. The second kappa shape index (κ2) is 7.37. The van der Waals surface area contributed by atoms with Crippen molar-refractivity contribution in [1.29, 1.82) is 0 Å². The van der Waals surface area contributed by atoms with Gasteiger partial charge >= 0.3 is 0 Å². The van der Waals surface area contributed by atoms with Gasteiger partial charge in [-0.15, -0.1) is 0 Å². The molecule has 0 amide bonds. The Bertz CT molecular complexity index is 627. The van der Waals surface area contributed by atoms with Crippen molar-refractivity contribution in [2.24, 2.45) is 0 Å². The highest BCUT2D eigenvalue weighted by molar-refractivity contribution is 7.89. The van der Waals surface area contributed by atoms with E-state index < -0.39 is 10.0 Å². The summed E-state index contributed by atoms with van der Waals surface area (Å²) in [5.41, 5.74) is 0. The predicted molar refractivity (Wildman–Crippen MR) is 83.4 cm³/mol. The highest BCUT2D eigenvalue weighted by atomic mass is 32.2. The van der Waals surface area contributed by atoms with Crippen molar-refractivity contribution < 1.29 is 27.4 Å². The van der Waals surface area contributed by atoms with Crippen molar-refractivity contribution in [2.75, 3.05) is 32.3 Å². The van der Waals surface area contributed by atoms with Crippen LogP contribution in [0.2, 0.25) is 0 Å². The van der Waals surface area contributed by atoms with E-state index in [2.05, 4.69) is 4.72 Å². The van der Waals surface area contributed by atoms with E-state index >= 15 is 0 Å². The first kappa shape index (κ1) is 16.4. The lowest BCUT2D eigenvalue weighted by molar-refractivity contribution is 0.114. The van der Waals surface area contributed by atoms with Gasteiger partial charge in [0, 0.05) is 19.2 Å². The van der Waals surface area contributed by atoms with Crippen LogP contribution in [0.5, 0.6) is 17.2 Å². The van der Waals surface area contributed by atoms with Gasteiger partial charge in [0.05, 0.1) is 18.5 Å². The van der Waals surface area contributed by atoms with Crippen molar-refractivity contribution in [2.45, 2.75) is 25.4 Å². The molecule has 0 radical (unpaired) electrons. The topological polar surface area (TPSA) is 83.1 Å². The Hall–Kier alpha value is -1.51. The Morgan fingerprint density at radius 2 is 2.13 bits per heavy atom. The zero-order valence-electron chi connectivity index (χ0n) is 12.8. The molecular weight excluding hydrogens is 322 g/mol. The molecule has 7 nitrogen and oxygen atoms in total. The number of fused-ring (bicyclic) bond motifs is 1. The van der Waals surface area contributed by atoms with Gasteiger partial charge in [0.1, 0.15) is 5.75 Å². The van der Waals surface area contributed by atoms with Crippen molar-refractivity contribution >= 4 is 10.0 Å². The van der Waals surface area contributed by atoms with Gasteiger partial charge < -0.3 is 18.9 Å². The number of hydrogen-bond acceptors (Lipinski definition) is 6. The lowest BCUT2D eigenvalue weighted by Gasteiger charge is -2.11. The monoisotopic (exact) mass is 343 g/mol. The molecule has 0 aromatic heterocycles. The van der Waals surface area contributed by atoms with Crippen LogP contribution in [0.1, 0.15) is 19.3 Å². The van der Waals surface area contributed by atoms with Gasteiger partial charge in [-0.05, 0) is 31.4 Å². The fraction of sp³-hybridized carbons (Fsp3) is 0.600. The highest BCUT2D eigenvalue weighted by Crippen LogP contribution is 2.35. The van der Waals surface area contributed by atoms with E-state index in [4.69, 9.17) is 18.9 Å². The maximum Gasteiger partial charge on any atom is 0.231 e. The zero-order chi connectivity index (χ0) is 16.1. The van der Waals surface area contributed by atoms with Gasteiger partial charge in [-0.3, -0.25) is 0 Å². The molecule has 2 heterocycles. The first-order valence-electron chi connectivity index (χ1n) is 7.74. The molecule has 8 heteroatoms. The van der Waals surface area contributed by atoms with Crippen LogP contribution in [0.3, 0.4) is 0 Å². The van der Waals surface area contributed by atoms with Gasteiger partial charge in [-0.25, -0.2) is 13.1 Å². The summed E-state index contributed by atoms with van der Waals surface area (Å²) in [5.74, 6) is 2.01. The largest absolute Gasteiger partial charge is 0.493 e. The number of benzene rings is 1. The molecule has 1 fully saturated rings. The molecule has 0 saturated carbocycles. The molecule has 0 aliphatic carbocycles. The first-order chi connectivity index (χ1) is 11.1. The molecule has 1 unspecified atom stereocenters. The van der Waals surface area contributed by atoms with Gasteiger partial charge in [-0.2, -0.15) is 0 Å². The molecule has 2 aliphatic rings. The van der Waals surface area contributed by atoms with Crippen molar-refractivity contribution in [3.05, 3.63) is 18.2 Å². The molecule has 1 aromatic carbocycles. The molecule has 1 saturated heterocycles. The van der Waals surface area contributed by atoms with E-state index in [0.717, 1.165) is 19.4 Å². The van der Waals surface area contributed by atoms with E-state index in [-0.39, 0.29) is 18.6 Å². The molecule has 2 aliphatic heterocycles. The van der Waals surface area contributed by atoms with Crippen molar-refractivity contribution in [3.8, 4) is 17.2 Å². The van der Waals surface area contributed by atoms with Crippen LogP contribution >= 0.6 is 0 Å². The number of nitrogens with one attached hydrogen (secondary N) is 1. The zero-order valence-corrected chi connectivity index (χ0v) is 13.6. The summed E-state index contributed by atoms with van der Waals surface area (Å²) >= 11 is 0. The fourth-order valence-electron chi connectivity index (χ4n) is 2.50. The van der Waals surface area contributed by atoms with E-state index in [1.54, 1.807) is 18.2 Å². The summed E-state index contributed by atoms with van der Waals surface area (Å²) in [7, 11) is -3.29. The smallest absolute Gasteiger partial charge is 0.231 e. The van der Waals surface area contributed by atoms with E-state index in [1.807, 2.05) is 0 Å². The third kappa shape index (κ3) is 4.73. The van der Waals surface area contributed by atoms with Crippen LogP contribution in [0, 0.1) is 0 Å². The Morgan fingerprint density at radius 3 is 2.96 bits per heavy atom. The molecule has 1 aromatic rings. The SMILES string of the molecule is O=S(=O)(CCCOc1ccc2c(c1)OCO2)NCC1CCCO1. The molecule has 0 spiro atoms. The Kier molecular flexibility index (Phi) is 5.24. The first-order valence-corrected chi connectivity index (χ1v) is 9.39. The maximum atomic E-state index is 11.9. The Balaban J connectivity index is 1.37. The van der Waals surface area contributed by atoms with Gasteiger partial charge in [0.2, 0.25) is 16.8 Å². The van der Waals surface area contributed by atoms with Crippen LogP contribution < -0.4 is 18.9 Å². The minimum Gasteiger partial charge on any atom is -0.493 e. The second-order valence-electron chi connectivity index (χ2n) is 5.52. The quantitative estimate of drug-likeness (QED) is 0.716. The van der Waals surface area contributed by atoms with Crippen molar-refractivity contribution in [1.82, 2.24) is 4.72 Å². The maximum absolute atomic E-state index is 11.9. The van der Waals surface area contributed by atoms with Gasteiger partial charge in [0.15, 0.2) is 11.5 Å². The number of ether oxygens (including phenoxy) is 4. The van der Waals surface area contributed by atoms with E-state index in [1.165, 1.54) is 0 Å². The average molecular weight is 343 g/mol. The second-order valence-corrected chi connectivity index (χ2v) is 7.45.